The highest BCUT2D eigenvalue weighted by atomic mass is 32.2. The van der Waals surface area contributed by atoms with Crippen LogP contribution in [0, 0.1) is 0 Å². The lowest BCUT2D eigenvalue weighted by Gasteiger charge is -2.38. The molecule has 1 aromatic rings. The predicted molar refractivity (Wildman–Crippen MR) is 86.3 cm³/mol. The summed E-state index contributed by atoms with van der Waals surface area (Å²) in [6.07, 6.45) is 3.50. The van der Waals surface area contributed by atoms with Crippen LogP contribution in [0.1, 0.15) is 12.0 Å². The van der Waals surface area contributed by atoms with Crippen molar-refractivity contribution in [3.63, 3.8) is 0 Å². The molecule has 2 aliphatic heterocycles. The Morgan fingerprint density at radius 1 is 1.20 bits per heavy atom. The Hall–Kier alpha value is -0.550. The Morgan fingerprint density at radius 3 is 2.70 bits per heavy atom. The summed E-state index contributed by atoms with van der Waals surface area (Å²) in [7, 11) is 0. The van der Waals surface area contributed by atoms with Crippen molar-refractivity contribution >= 4 is 11.8 Å². The zero-order chi connectivity index (χ0) is 13.8. The number of hydrogen-bond acceptors (Lipinski definition) is 4. The van der Waals surface area contributed by atoms with E-state index in [4.69, 9.17) is 0 Å². The van der Waals surface area contributed by atoms with E-state index in [1.54, 1.807) is 0 Å². The van der Waals surface area contributed by atoms with E-state index in [-0.39, 0.29) is 0 Å². The minimum atomic E-state index is 0.788. The first-order chi connectivity index (χ1) is 9.86. The summed E-state index contributed by atoms with van der Waals surface area (Å²) < 4.78 is 0. The molecule has 3 rings (SSSR count). The second-order valence-electron chi connectivity index (χ2n) is 5.77. The second kappa shape index (κ2) is 6.94. The van der Waals surface area contributed by atoms with Crippen LogP contribution in [-0.4, -0.2) is 61.4 Å². The van der Waals surface area contributed by atoms with Crippen LogP contribution in [0.15, 0.2) is 29.2 Å². The summed E-state index contributed by atoms with van der Waals surface area (Å²) in [5, 5.41) is 3.48. The zero-order valence-corrected chi connectivity index (χ0v) is 13.2. The van der Waals surface area contributed by atoms with Crippen LogP contribution < -0.4 is 5.32 Å². The molecule has 1 aromatic carbocycles. The third kappa shape index (κ3) is 3.37. The summed E-state index contributed by atoms with van der Waals surface area (Å²) in [6.45, 7) is 8.37. The largest absolute Gasteiger partial charge is 0.315 e. The van der Waals surface area contributed by atoms with Crippen molar-refractivity contribution in [3.8, 4) is 0 Å². The van der Waals surface area contributed by atoms with Crippen LogP contribution in [0.5, 0.6) is 0 Å². The van der Waals surface area contributed by atoms with E-state index in [0.717, 1.165) is 12.6 Å². The van der Waals surface area contributed by atoms with E-state index >= 15 is 0 Å². The number of hydrogen-bond donors (Lipinski definition) is 1. The highest BCUT2D eigenvalue weighted by Gasteiger charge is 2.25. The highest BCUT2D eigenvalue weighted by Crippen LogP contribution is 2.22. The molecule has 0 amide bonds. The van der Waals surface area contributed by atoms with Gasteiger partial charge < -0.3 is 5.32 Å². The van der Waals surface area contributed by atoms with E-state index in [2.05, 4.69) is 45.6 Å². The number of nitrogens with zero attached hydrogens (tertiary/aromatic N) is 2. The molecule has 2 heterocycles. The number of thioether (sulfide) groups is 1. The van der Waals surface area contributed by atoms with E-state index in [0.29, 0.717) is 0 Å². The average Bonchev–Trinajstić information content (AvgIpc) is 3.03. The molecule has 20 heavy (non-hydrogen) atoms. The second-order valence-corrected chi connectivity index (χ2v) is 6.62. The highest BCUT2D eigenvalue weighted by molar-refractivity contribution is 7.98. The van der Waals surface area contributed by atoms with Gasteiger partial charge in [-0.15, -0.1) is 11.8 Å². The van der Waals surface area contributed by atoms with Crippen molar-refractivity contribution in [1.29, 1.82) is 0 Å². The Morgan fingerprint density at radius 2 is 2.00 bits per heavy atom. The molecule has 3 nitrogen and oxygen atoms in total. The fourth-order valence-corrected chi connectivity index (χ4v) is 3.92. The smallest absolute Gasteiger partial charge is 0.0245 e. The summed E-state index contributed by atoms with van der Waals surface area (Å²) in [5.74, 6) is 0. The van der Waals surface area contributed by atoms with Gasteiger partial charge in [0.1, 0.15) is 0 Å². The maximum Gasteiger partial charge on any atom is 0.0245 e. The van der Waals surface area contributed by atoms with Crippen molar-refractivity contribution in [2.45, 2.75) is 23.9 Å². The molecule has 2 saturated heterocycles. The summed E-state index contributed by atoms with van der Waals surface area (Å²) in [4.78, 5) is 6.71. The third-order valence-electron chi connectivity index (χ3n) is 4.54. The molecule has 2 aliphatic rings. The molecule has 0 aromatic heterocycles. The molecular weight excluding hydrogens is 266 g/mol. The van der Waals surface area contributed by atoms with Crippen LogP contribution in [-0.2, 0) is 6.54 Å². The van der Waals surface area contributed by atoms with E-state index in [1.165, 1.54) is 56.1 Å². The molecule has 4 heteroatoms. The lowest BCUT2D eigenvalue weighted by Crippen LogP contribution is -2.50. The van der Waals surface area contributed by atoms with Crippen molar-refractivity contribution < 1.29 is 0 Å². The normalized spacial score (nSPS) is 25.1. The summed E-state index contributed by atoms with van der Waals surface area (Å²) in [5.41, 5.74) is 1.48. The van der Waals surface area contributed by atoms with Gasteiger partial charge in [-0.2, -0.15) is 0 Å². The van der Waals surface area contributed by atoms with Crippen LogP contribution in [0.3, 0.4) is 0 Å². The van der Waals surface area contributed by atoms with Crippen molar-refractivity contribution in [1.82, 2.24) is 15.1 Å². The Kier molecular flexibility index (Phi) is 4.99. The summed E-state index contributed by atoms with van der Waals surface area (Å²) >= 11 is 1.86. The average molecular weight is 291 g/mol. The first kappa shape index (κ1) is 14.4. The topological polar surface area (TPSA) is 18.5 Å². The maximum absolute atomic E-state index is 3.48. The van der Waals surface area contributed by atoms with Crippen molar-refractivity contribution in [2.24, 2.45) is 0 Å². The van der Waals surface area contributed by atoms with Gasteiger partial charge in [-0.25, -0.2) is 0 Å². The van der Waals surface area contributed by atoms with Gasteiger partial charge in [-0.1, -0.05) is 18.2 Å². The van der Waals surface area contributed by atoms with Gasteiger partial charge in [0.2, 0.25) is 0 Å². The molecule has 1 N–H and O–H groups in total. The van der Waals surface area contributed by atoms with Gasteiger partial charge in [0.25, 0.3) is 0 Å². The van der Waals surface area contributed by atoms with Crippen LogP contribution in [0.4, 0.5) is 0 Å². The lowest BCUT2D eigenvalue weighted by atomic mass is 10.1. The molecule has 0 bridgehead atoms. The van der Waals surface area contributed by atoms with Gasteiger partial charge in [0, 0.05) is 50.2 Å². The van der Waals surface area contributed by atoms with Crippen LogP contribution >= 0.6 is 11.8 Å². The Bertz CT molecular complexity index is 423. The molecule has 110 valence electrons. The van der Waals surface area contributed by atoms with Gasteiger partial charge in [-0.3, -0.25) is 9.80 Å². The molecule has 0 radical (unpaired) electrons. The van der Waals surface area contributed by atoms with Gasteiger partial charge >= 0.3 is 0 Å². The molecule has 2 fully saturated rings. The monoisotopic (exact) mass is 291 g/mol. The first-order valence-corrected chi connectivity index (χ1v) is 8.88. The predicted octanol–water partition coefficient (Wildman–Crippen LogP) is 1.89. The molecule has 1 atom stereocenters. The van der Waals surface area contributed by atoms with E-state index in [1.807, 2.05) is 11.8 Å². The van der Waals surface area contributed by atoms with Gasteiger partial charge in [0.15, 0.2) is 0 Å². The Labute approximate surface area is 126 Å². The summed E-state index contributed by atoms with van der Waals surface area (Å²) in [6, 6.07) is 9.60. The van der Waals surface area contributed by atoms with Crippen LogP contribution in [0.2, 0.25) is 0 Å². The fraction of sp³-hybridized carbons (Fsp3) is 0.625. The SMILES string of the molecule is CSc1ccccc1CN1CCN(C2CCNC2)CC1. The first-order valence-electron chi connectivity index (χ1n) is 7.66. The molecule has 0 saturated carbocycles. The molecule has 0 aliphatic carbocycles. The number of nitrogens with one attached hydrogen (secondary N) is 1. The van der Waals surface area contributed by atoms with Crippen molar-refractivity contribution in [3.05, 3.63) is 29.8 Å². The van der Waals surface area contributed by atoms with E-state index in [9.17, 15) is 0 Å². The minimum absolute atomic E-state index is 0.788. The fourth-order valence-electron chi connectivity index (χ4n) is 3.31. The molecule has 0 spiro atoms. The lowest BCUT2D eigenvalue weighted by molar-refractivity contribution is 0.0977. The van der Waals surface area contributed by atoms with E-state index < -0.39 is 0 Å². The zero-order valence-electron chi connectivity index (χ0n) is 12.3. The molecule has 1 unspecified atom stereocenters. The Balaban J connectivity index is 1.53. The minimum Gasteiger partial charge on any atom is -0.315 e. The number of piperazine rings is 1. The van der Waals surface area contributed by atoms with Gasteiger partial charge in [-0.05, 0) is 30.9 Å². The number of benzene rings is 1. The van der Waals surface area contributed by atoms with Crippen LogP contribution in [0.25, 0.3) is 0 Å². The number of rotatable bonds is 4. The van der Waals surface area contributed by atoms with Gasteiger partial charge in [0.05, 0.1) is 0 Å². The molecular formula is C16H25N3S. The quantitative estimate of drug-likeness (QED) is 0.854. The standard InChI is InChI=1S/C16H25N3S/c1-20-16-5-3-2-4-14(16)13-18-8-10-19(11-9-18)15-6-7-17-12-15/h2-5,15,17H,6-13H2,1H3. The third-order valence-corrected chi connectivity index (χ3v) is 5.38. The maximum atomic E-state index is 3.48. The van der Waals surface area contributed by atoms with Crippen molar-refractivity contribution in [2.75, 3.05) is 45.5 Å².